The standard InChI is InChI=1S/C18H29N3O2/c22-21(23)18-10-8-17(9-11-18)16-19-12-4-1-2-5-13-20-14-6-3-7-15-20/h8-11,19H,1-7,12-16H2. The van der Waals surface area contributed by atoms with Crippen LogP contribution in [0.25, 0.3) is 0 Å². The van der Waals surface area contributed by atoms with Crippen LogP contribution in [0.2, 0.25) is 0 Å². The van der Waals surface area contributed by atoms with E-state index in [2.05, 4.69) is 10.2 Å². The second-order valence-electron chi connectivity index (χ2n) is 6.42. The Labute approximate surface area is 139 Å². The molecule has 1 heterocycles. The summed E-state index contributed by atoms with van der Waals surface area (Å²) in [5.74, 6) is 0. The highest BCUT2D eigenvalue weighted by Gasteiger charge is 2.08. The van der Waals surface area contributed by atoms with Gasteiger partial charge in [-0.15, -0.1) is 0 Å². The van der Waals surface area contributed by atoms with Crippen LogP contribution in [0.15, 0.2) is 24.3 Å². The number of piperidine rings is 1. The monoisotopic (exact) mass is 319 g/mol. The third-order valence-electron chi connectivity index (χ3n) is 4.50. The Hall–Kier alpha value is -1.46. The molecule has 1 aromatic carbocycles. The third-order valence-corrected chi connectivity index (χ3v) is 4.50. The zero-order valence-electron chi connectivity index (χ0n) is 14.0. The minimum Gasteiger partial charge on any atom is -0.313 e. The van der Waals surface area contributed by atoms with Crippen molar-refractivity contribution in [3.05, 3.63) is 39.9 Å². The van der Waals surface area contributed by atoms with Crippen LogP contribution in [0.4, 0.5) is 5.69 Å². The Morgan fingerprint density at radius 1 is 1.00 bits per heavy atom. The molecule has 0 spiro atoms. The van der Waals surface area contributed by atoms with Gasteiger partial charge in [0, 0.05) is 18.7 Å². The fourth-order valence-electron chi connectivity index (χ4n) is 3.09. The first kappa shape index (κ1) is 17.9. The molecule has 0 amide bonds. The first-order valence-corrected chi connectivity index (χ1v) is 8.92. The lowest BCUT2D eigenvalue weighted by Crippen LogP contribution is -2.30. The third kappa shape index (κ3) is 7.10. The predicted molar refractivity (Wildman–Crippen MR) is 93.6 cm³/mol. The molecule has 1 aliphatic rings. The number of non-ortho nitro benzene ring substituents is 1. The maximum absolute atomic E-state index is 10.6. The molecule has 5 nitrogen and oxygen atoms in total. The van der Waals surface area contributed by atoms with Gasteiger partial charge in [0.15, 0.2) is 0 Å². The summed E-state index contributed by atoms with van der Waals surface area (Å²) >= 11 is 0. The number of nitrogens with one attached hydrogen (secondary N) is 1. The van der Waals surface area contributed by atoms with Crippen molar-refractivity contribution < 1.29 is 4.92 Å². The number of rotatable bonds is 10. The van der Waals surface area contributed by atoms with Gasteiger partial charge in [-0.25, -0.2) is 0 Å². The number of likely N-dealkylation sites (tertiary alicyclic amines) is 1. The van der Waals surface area contributed by atoms with E-state index in [1.807, 2.05) is 12.1 Å². The Bertz CT molecular complexity index is 456. The molecule has 1 aliphatic heterocycles. The minimum absolute atomic E-state index is 0.155. The molecule has 0 bridgehead atoms. The summed E-state index contributed by atoms with van der Waals surface area (Å²) < 4.78 is 0. The molecule has 1 saturated heterocycles. The molecule has 0 unspecified atom stereocenters. The molecular weight excluding hydrogens is 290 g/mol. The van der Waals surface area contributed by atoms with Crippen molar-refractivity contribution in [2.45, 2.75) is 51.5 Å². The van der Waals surface area contributed by atoms with Gasteiger partial charge in [-0.2, -0.15) is 0 Å². The van der Waals surface area contributed by atoms with E-state index in [1.54, 1.807) is 12.1 Å². The van der Waals surface area contributed by atoms with E-state index in [-0.39, 0.29) is 10.6 Å². The summed E-state index contributed by atoms with van der Waals surface area (Å²) in [7, 11) is 0. The molecular formula is C18H29N3O2. The number of nitro groups is 1. The van der Waals surface area contributed by atoms with Gasteiger partial charge in [-0.1, -0.05) is 31.4 Å². The molecule has 0 radical (unpaired) electrons. The second kappa shape index (κ2) is 10.3. The molecule has 1 N–H and O–H groups in total. The molecule has 1 fully saturated rings. The van der Waals surface area contributed by atoms with Crippen molar-refractivity contribution in [2.75, 3.05) is 26.2 Å². The van der Waals surface area contributed by atoms with Gasteiger partial charge in [-0.05, 0) is 57.4 Å². The van der Waals surface area contributed by atoms with Crippen LogP contribution in [0, 0.1) is 10.1 Å². The van der Waals surface area contributed by atoms with E-state index in [0.29, 0.717) is 0 Å². The van der Waals surface area contributed by atoms with Crippen LogP contribution in [0.1, 0.15) is 50.5 Å². The van der Waals surface area contributed by atoms with Gasteiger partial charge in [0.05, 0.1) is 4.92 Å². The van der Waals surface area contributed by atoms with E-state index < -0.39 is 0 Å². The molecule has 0 atom stereocenters. The number of hydrogen-bond acceptors (Lipinski definition) is 4. The minimum atomic E-state index is -0.360. The molecule has 1 aromatic rings. The van der Waals surface area contributed by atoms with E-state index in [1.165, 1.54) is 64.6 Å². The van der Waals surface area contributed by atoms with Crippen molar-refractivity contribution in [1.82, 2.24) is 10.2 Å². The Balaban J connectivity index is 1.45. The first-order valence-electron chi connectivity index (χ1n) is 8.92. The number of unbranched alkanes of at least 4 members (excludes halogenated alkanes) is 3. The highest BCUT2D eigenvalue weighted by molar-refractivity contribution is 5.32. The van der Waals surface area contributed by atoms with Crippen molar-refractivity contribution in [2.24, 2.45) is 0 Å². The van der Waals surface area contributed by atoms with E-state index in [9.17, 15) is 10.1 Å². The predicted octanol–water partition coefficient (Wildman–Crippen LogP) is 3.73. The average Bonchev–Trinajstić information content (AvgIpc) is 2.58. The van der Waals surface area contributed by atoms with Crippen molar-refractivity contribution in [1.29, 1.82) is 0 Å². The SMILES string of the molecule is O=[N+]([O-])c1ccc(CNCCCCCCN2CCCCC2)cc1. The lowest BCUT2D eigenvalue weighted by atomic mass is 10.1. The molecule has 5 heteroatoms. The molecule has 0 aliphatic carbocycles. The van der Waals surface area contributed by atoms with Crippen LogP contribution in [-0.4, -0.2) is 36.0 Å². The summed E-state index contributed by atoms with van der Waals surface area (Å²) in [6.45, 7) is 5.68. The van der Waals surface area contributed by atoms with Crippen LogP contribution in [-0.2, 0) is 6.54 Å². The molecule has 23 heavy (non-hydrogen) atoms. The van der Waals surface area contributed by atoms with Crippen LogP contribution in [0.3, 0.4) is 0 Å². The Kier molecular flexibility index (Phi) is 8.04. The lowest BCUT2D eigenvalue weighted by Gasteiger charge is -2.26. The largest absolute Gasteiger partial charge is 0.313 e. The van der Waals surface area contributed by atoms with Crippen molar-refractivity contribution >= 4 is 5.69 Å². The van der Waals surface area contributed by atoms with Gasteiger partial charge < -0.3 is 10.2 Å². The van der Waals surface area contributed by atoms with Crippen molar-refractivity contribution in [3.63, 3.8) is 0 Å². The van der Waals surface area contributed by atoms with Crippen LogP contribution < -0.4 is 5.32 Å². The van der Waals surface area contributed by atoms with Gasteiger partial charge in [0.1, 0.15) is 0 Å². The molecule has 0 saturated carbocycles. The topological polar surface area (TPSA) is 58.4 Å². The average molecular weight is 319 g/mol. The number of nitro benzene ring substituents is 1. The van der Waals surface area contributed by atoms with Gasteiger partial charge in [0.2, 0.25) is 0 Å². The first-order chi connectivity index (χ1) is 11.3. The summed E-state index contributed by atoms with van der Waals surface area (Å²) in [4.78, 5) is 12.8. The normalized spacial score (nSPS) is 15.7. The summed E-state index contributed by atoms with van der Waals surface area (Å²) in [6.07, 6.45) is 9.29. The number of nitrogens with zero attached hydrogens (tertiary/aromatic N) is 2. The lowest BCUT2D eigenvalue weighted by molar-refractivity contribution is -0.384. The van der Waals surface area contributed by atoms with Crippen LogP contribution in [0.5, 0.6) is 0 Å². The van der Waals surface area contributed by atoms with E-state index >= 15 is 0 Å². The number of hydrogen-bond donors (Lipinski definition) is 1. The van der Waals surface area contributed by atoms with Crippen LogP contribution >= 0.6 is 0 Å². The zero-order valence-corrected chi connectivity index (χ0v) is 14.0. The quantitative estimate of drug-likeness (QED) is 0.405. The maximum atomic E-state index is 10.6. The van der Waals surface area contributed by atoms with Gasteiger partial charge >= 0.3 is 0 Å². The summed E-state index contributed by atoms with van der Waals surface area (Å²) in [5.41, 5.74) is 1.25. The fraction of sp³-hybridized carbons (Fsp3) is 0.667. The van der Waals surface area contributed by atoms with E-state index in [0.717, 1.165) is 18.7 Å². The summed E-state index contributed by atoms with van der Waals surface area (Å²) in [6, 6.07) is 6.78. The highest BCUT2D eigenvalue weighted by Crippen LogP contribution is 2.12. The van der Waals surface area contributed by atoms with Crippen molar-refractivity contribution in [3.8, 4) is 0 Å². The maximum Gasteiger partial charge on any atom is 0.269 e. The second-order valence-corrected chi connectivity index (χ2v) is 6.42. The smallest absolute Gasteiger partial charge is 0.269 e. The summed E-state index contributed by atoms with van der Waals surface area (Å²) in [5, 5.41) is 14.0. The zero-order chi connectivity index (χ0) is 16.3. The molecule has 0 aromatic heterocycles. The Morgan fingerprint density at radius 2 is 1.70 bits per heavy atom. The van der Waals surface area contributed by atoms with Gasteiger partial charge in [-0.3, -0.25) is 10.1 Å². The highest BCUT2D eigenvalue weighted by atomic mass is 16.6. The number of benzene rings is 1. The molecule has 2 rings (SSSR count). The molecule has 128 valence electrons. The van der Waals surface area contributed by atoms with E-state index in [4.69, 9.17) is 0 Å². The fourth-order valence-corrected chi connectivity index (χ4v) is 3.09. The van der Waals surface area contributed by atoms with Gasteiger partial charge in [0.25, 0.3) is 5.69 Å². The Morgan fingerprint density at radius 3 is 2.39 bits per heavy atom.